The van der Waals surface area contributed by atoms with Crippen LogP contribution in [-0.4, -0.2) is 18.2 Å². The van der Waals surface area contributed by atoms with Gasteiger partial charge in [0.1, 0.15) is 11.9 Å². The third-order valence-corrected chi connectivity index (χ3v) is 7.31. The minimum Gasteiger partial charge on any atom is -0.343 e. The highest BCUT2D eigenvalue weighted by Crippen LogP contribution is 2.43. The molecule has 1 unspecified atom stereocenters. The van der Waals surface area contributed by atoms with Crippen molar-refractivity contribution >= 4 is 38.9 Å². The second-order valence-corrected chi connectivity index (χ2v) is 9.67. The molecule has 0 radical (unpaired) electrons. The van der Waals surface area contributed by atoms with Gasteiger partial charge in [-0.05, 0) is 48.9 Å². The molecule has 1 aromatic heterocycles. The molecule has 4 rings (SSSR count). The quantitative estimate of drug-likeness (QED) is 0.497. The van der Waals surface area contributed by atoms with Crippen LogP contribution in [0, 0.1) is 0 Å². The third-order valence-electron chi connectivity index (χ3n) is 4.80. The van der Waals surface area contributed by atoms with Gasteiger partial charge in [-0.15, -0.1) is 0 Å². The van der Waals surface area contributed by atoms with Crippen LogP contribution >= 0.6 is 23.2 Å². The Labute approximate surface area is 186 Å². The van der Waals surface area contributed by atoms with Gasteiger partial charge in [0.05, 0.1) is 9.80 Å². The molecule has 31 heavy (non-hydrogen) atoms. The maximum absolute atomic E-state index is 13.5. The monoisotopic (exact) mass is 487 g/mol. The van der Waals surface area contributed by atoms with Crippen LogP contribution in [0.25, 0.3) is 0 Å². The van der Waals surface area contributed by atoms with Gasteiger partial charge in [-0.3, -0.25) is 0 Å². The number of anilines is 1. The summed E-state index contributed by atoms with van der Waals surface area (Å²) in [5.41, 5.74) is -0.529. The van der Waals surface area contributed by atoms with Crippen molar-refractivity contribution in [1.29, 1.82) is 0 Å². The summed E-state index contributed by atoms with van der Waals surface area (Å²) in [5.74, 6) is 0.0276. The van der Waals surface area contributed by atoms with Crippen molar-refractivity contribution in [2.75, 3.05) is 5.32 Å². The normalized spacial score (nSPS) is 16.8. The summed E-state index contributed by atoms with van der Waals surface area (Å²) < 4.78 is 68.1. The van der Waals surface area contributed by atoms with Crippen molar-refractivity contribution in [2.24, 2.45) is 0 Å². The van der Waals surface area contributed by atoms with E-state index in [2.05, 4.69) is 10.4 Å². The van der Waals surface area contributed by atoms with Crippen LogP contribution < -0.4 is 5.32 Å². The second-order valence-electron chi connectivity index (χ2n) is 6.88. The predicted octanol–water partition coefficient (Wildman–Crippen LogP) is 5.93. The highest BCUT2D eigenvalue weighted by Gasteiger charge is 2.41. The SMILES string of the molecule is CC1=C(S(=O)(=O)c2ccc(Cl)cc2)C(c2ccc(Cl)cc2)n2nc(C(F)(F)F)cc2N1. The zero-order chi connectivity index (χ0) is 22.6. The largest absolute Gasteiger partial charge is 0.435 e. The molecule has 2 aromatic carbocycles. The first-order valence-electron chi connectivity index (χ1n) is 8.89. The molecule has 1 N–H and O–H groups in total. The van der Waals surface area contributed by atoms with E-state index in [0.717, 1.165) is 10.7 Å². The first kappa shape index (κ1) is 21.7. The average molecular weight is 488 g/mol. The maximum Gasteiger partial charge on any atom is 0.435 e. The first-order valence-corrected chi connectivity index (χ1v) is 11.1. The Morgan fingerprint density at radius 3 is 2.10 bits per heavy atom. The number of hydrogen-bond acceptors (Lipinski definition) is 4. The Hall–Kier alpha value is -2.49. The van der Waals surface area contributed by atoms with Gasteiger partial charge in [-0.2, -0.15) is 18.3 Å². The van der Waals surface area contributed by atoms with Crippen molar-refractivity contribution in [3.05, 3.63) is 86.5 Å². The van der Waals surface area contributed by atoms with Crippen LogP contribution in [0.2, 0.25) is 10.0 Å². The molecule has 1 aliphatic rings. The van der Waals surface area contributed by atoms with Gasteiger partial charge >= 0.3 is 6.18 Å². The fourth-order valence-electron chi connectivity index (χ4n) is 3.42. The first-order chi connectivity index (χ1) is 14.5. The molecule has 5 nitrogen and oxygen atoms in total. The number of halogens is 5. The number of nitrogens with one attached hydrogen (secondary N) is 1. The van der Waals surface area contributed by atoms with Gasteiger partial charge < -0.3 is 5.32 Å². The lowest BCUT2D eigenvalue weighted by molar-refractivity contribution is -0.141. The molecular formula is C20H14Cl2F3N3O2S. The van der Waals surface area contributed by atoms with Crippen molar-refractivity contribution in [2.45, 2.75) is 24.0 Å². The number of fused-ring (bicyclic) bond motifs is 1. The Kier molecular flexibility index (Phi) is 5.31. The van der Waals surface area contributed by atoms with E-state index in [0.29, 0.717) is 15.6 Å². The molecule has 162 valence electrons. The van der Waals surface area contributed by atoms with Gasteiger partial charge in [0.25, 0.3) is 0 Å². The van der Waals surface area contributed by atoms with Crippen LogP contribution in [0.3, 0.4) is 0 Å². The number of aromatic nitrogens is 2. The summed E-state index contributed by atoms with van der Waals surface area (Å²) in [6, 6.07) is 11.4. The van der Waals surface area contributed by atoms with Crippen LogP contribution in [0.15, 0.2) is 70.1 Å². The molecule has 0 bridgehead atoms. The van der Waals surface area contributed by atoms with Gasteiger partial charge in [0.2, 0.25) is 9.84 Å². The standard InChI is InChI=1S/C20H14Cl2F3N3O2S/c1-11-19(31(29,30)15-8-6-14(22)7-9-15)18(12-2-4-13(21)5-3-12)28-17(26-11)10-16(27-28)20(23,24)25/h2-10,18,26H,1H3. The van der Waals surface area contributed by atoms with Crippen molar-refractivity contribution in [3.63, 3.8) is 0 Å². The molecule has 3 aromatic rings. The van der Waals surface area contributed by atoms with E-state index in [1.54, 1.807) is 12.1 Å². The number of allylic oxidation sites excluding steroid dienone is 2. The molecule has 1 atom stereocenters. The average Bonchev–Trinajstić information content (AvgIpc) is 3.12. The molecule has 11 heteroatoms. The number of nitrogens with zero attached hydrogens (tertiary/aromatic N) is 2. The molecule has 0 aliphatic carbocycles. The second kappa shape index (κ2) is 7.58. The summed E-state index contributed by atoms with van der Waals surface area (Å²) in [7, 11) is -4.12. The fourth-order valence-corrected chi connectivity index (χ4v) is 5.40. The van der Waals surface area contributed by atoms with Crippen LogP contribution in [-0.2, 0) is 16.0 Å². The Bertz CT molecular complexity index is 1280. The summed E-state index contributed by atoms with van der Waals surface area (Å²) in [4.78, 5) is -0.167. The van der Waals surface area contributed by atoms with Gasteiger partial charge in [-0.25, -0.2) is 13.1 Å². The fraction of sp³-hybridized carbons (Fsp3) is 0.150. The molecule has 0 spiro atoms. The van der Waals surface area contributed by atoms with E-state index >= 15 is 0 Å². The molecular weight excluding hydrogens is 474 g/mol. The third kappa shape index (κ3) is 3.93. The number of hydrogen-bond donors (Lipinski definition) is 1. The lowest BCUT2D eigenvalue weighted by Gasteiger charge is -2.30. The number of benzene rings is 2. The number of alkyl halides is 3. The summed E-state index contributed by atoms with van der Waals surface area (Å²) in [6.07, 6.45) is -4.69. The summed E-state index contributed by atoms with van der Waals surface area (Å²) in [6.45, 7) is 1.50. The number of sulfone groups is 1. The highest BCUT2D eigenvalue weighted by molar-refractivity contribution is 7.95. The van der Waals surface area contributed by atoms with E-state index in [1.165, 1.54) is 43.3 Å². The topological polar surface area (TPSA) is 64.0 Å². The van der Waals surface area contributed by atoms with E-state index in [-0.39, 0.29) is 21.3 Å². The Morgan fingerprint density at radius 1 is 1.00 bits per heavy atom. The van der Waals surface area contributed by atoms with Gasteiger partial charge in [-0.1, -0.05) is 35.3 Å². The molecule has 0 saturated heterocycles. The Balaban J connectivity index is 1.95. The highest BCUT2D eigenvalue weighted by atomic mass is 35.5. The molecule has 0 saturated carbocycles. The van der Waals surface area contributed by atoms with Crippen molar-refractivity contribution in [3.8, 4) is 0 Å². The number of rotatable bonds is 3. The van der Waals surface area contributed by atoms with Crippen LogP contribution in [0.1, 0.15) is 24.2 Å². The van der Waals surface area contributed by atoms with Gasteiger partial charge in [0, 0.05) is 21.8 Å². The molecule has 1 aliphatic heterocycles. The maximum atomic E-state index is 13.5. The minimum atomic E-state index is -4.69. The predicted molar refractivity (Wildman–Crippen MR) is 112 cm³/mol. The van der Waals surface area contributed by atoms with E-state index in [1.807, 2.05) is 0 Å². The van der Waals surface area contributed by atoms with E-state index in [9.17, 15) is 21.6 Å². The molecule has 2 heterocycles. The van der Waals surface area contributed by atoms with E-state index < -0.39 is 27.7 Å². The van der Waals surface area contributed by atoms with Crippen LogP contribution in [0.4, 0.5) is 19.0 Å². The van der Waals surface area contributed by atoms with Crippen LogP contribution in [0.5, 0.6) is 0 Å². The zero-order valence-corrected chi connectivity index (χ0v) is 18.1. The summed E-state index contributed by atoms with van der Waals surface area (Å²) in [5, 5.41) is 7.19. The molecule has 0 amide bonds. The van der Waals surface area contributed by atoms with E-state index in [4.69, 9.17) is 23.2 Å². The lowest BCUT2D eigenvalue weighted by Crippen LogP contribution is -2.28. The van der Waals surface area contributed by atoms with Gasteiger partial charge in [0.15, 0.2) is 5.69 Å². The Morgan fingerprint density at radius 2 is 1.55 bits per heavy atom. The minimum absolute atomic E-state index is 0.0276. The smallest absolute Gasteiger partial charge is 0.343 e. The zero-order valence-electron chi connectivity index (χ0n) is 15.8. The van der Waals surface area contributed by atoms with Crippen molar-refractivity contribution in [1.82, 2.24) is 9.78 Å². The van der Waals surface area contributed by atoms with Crippen molar-refractivity contribution < 1.29 is 21.6 Å². The summed E-state index contributed by atoms with van der Waals surface area (Å²) >= 11 is 11.8. The lowest BCUT2D eigenvalue weighted by atomic mass is 10.0. The molecule has 0 fully saturated rings.